The van der Waals surface area contributed by atoms with Crippen LogP contribution in [0.4, 0.5) is 0 Å². The number of aliphatic hydroxyl groups excluding tert-OH is 2. The van der Waals surface area contributed by atoms with Crippen LogP contribution in [0.1, 0.15) is 22.0 Å². The number of nitrogen functional groups attached to an aromatic ring is 1. The summed E-state index contributed by atoms with van der Waals surface area (Å²) in [7, 11) is 0. The molecule has 92 valence electrons. The first-order valence-electron chi connectivity index (χ1n) is 4.67. The van der Waals surface area contributed by atoms with E-state index in [-0.39, 0.29) is 11.1 Å². The molecule has 1 rings (SSSR count). The van der Waals surface area contributed by atoms with Crippen molar-refractivity contribution in [3.63, 3.8) is 0 Å². The van der Waals surface area contributed by atoms with Gasteiger partial charge in [-0.3, -0.25) is 10.2 Å². The summed E-state index contributed by atoms with van der Waals surface area (Å²) in [6.07, 6.45) is -3.47. The lowest BCUT2D eigenvalue weighted by atomic mass is 10.0. The number of rotatable bonds is 4. The number of nitrogens with two attached hydrogens (primary N) is 1. The molecule has 0 aromatic heterocycles. The smallest absolute Gasteiger partial charge is 0.335 e. The van der Waals surface area contributed by atoms with Crippen molar-refractivity contribution in [1.82, 2.24) is 5.43 Å². The molecule has 0 fully saturated rings. The van der Waals surface area contributed by atoms with E-state index in [1.807, 2.05) is 5.43 Å². The summed E-state index contributed by atoms with van der Waals surface area (Å²) in [4.78, 5) is 21.5. The second kappa shape index (κ2) is 5.39. The average Bonchev–Trinajstić information content (AvgIpc) is 2.36. The van der Waals surface area contributed by atoms with Gasteiger partial charge in [0.1, 0.15) is 6.10 Å². The van der Waals surface area contributed by atoms with Gasteiger partial charge < -0.3 is 15.3 Å². The van der Waals surface area contributed by atoms with Crippen LogP contribution < -0.4 is 11.3 Å². The molecule has 7 heteroatoms. The maximum atomic E-state index is 11.1. The molecular weight excluding hydrogens is 228 g/mol. The number of hydrazine groups is 1. The minimum absolute atomic E-state index is 0.188. The molecule has 0 aliphatic carbocycles. The van der Waals surface area contributed by atoms with Crippen LogP contribution in [0.3, 0.4) is 0 Å². The van der Waals surface area contributed by atoms with Crippen molar-refractivity contribution < 1.29 is 24.9 Å². The summed E-state index contributed by atoms with van der Waals surface area (Å²) >= 11 is 0. The van der Waals surface area contributed by atoms with Crippen LogP contribution in [-0.4, -0.2) is 33.3 Å². The normalized spacial score (nSPS) is 13.8. The SMILES string of the molecule is NNC(=O)c1ccc(C(O)C(O)C(=O)O)cc1. The highest BCUT2D eigenvalue weighted by atomic mass is 16.4. The minimum atomic E-state index is -1.91. The van der Waals surface area contributed by atoms with Crippen LogP contribution >= 0.6 is 0 Å². The van der Waals surface area contributed by atoms with Gasteiger partial charge in [0.25, 0.3) is 5.91 Å². The zero-order valence-corrected chi connectivity index (χ0v) is 8.70. The van der Waals surface area contributed by atoms with Gasteiger partial charge in [0.15, 0.2) is 6.10 Å². The lowest BCUT2D eigenvalue weighted by molar-refractivity contribution is -0.153. The molecule has 2 atom stereocenters. The fourth-order valence-corrected chi connectivity index (χ4v) is 1.23. The Morgan fingerprint density at radius 2 is 1.71 bits per heavy atom. The van der Waals surface area contributed by atoms with E-state index >= 15 is 0 Å². The molecule has 0 aliphatic heterocycles. The second-order valence-corrected chi connectivity index (χ2v) is 3.32. The van der Waals surface area contributed by atoms with E-state index in [1.54, 1.807) is 0 Å². The van der Waals surface area contributed by atoms with Crippen molar-refractivity contribution in [3.05, 3.63) is 35.4 Å². The Kier molecular flexibility index (Phi) is 4.16. The summed E-state index contributed by atoms with van der Waals surface area (Å²) in [6, 6.07) is 5.38. The number of carboxylic acid groups (broad SMARTS) is 1. The Bertz CT molecular complexity index is 417. The summed E-state index contributed by atoms with van der Waals surface area (Å²) < 4.78 is 0. The minimum Gasteiger partial charge on any atom is -0.479 e. The summed E-state index contributed by atoms with van der Waals surface area (Å²) in [6.45, 7) is 0. The van der Waals surface area contributed by atoms with Gasteiger partial charge >= 0.3 is 5.97 Å². The lowest BCUT2D eigenvalue weighted by Gasteiger charge is -2.14. The molecule has 0 saturated carbocycles. The van der Waals surface area contributed by atoms with Crippen molar-refractivity contribution in [2.75, 3.05) is 0 Å². The van der Waals surface area contributed by atoms with Crippen molar-refractivity contribution in [1.29, 1.82) is 0 Å². The standard InChI is InChI=1S/C10H12N2O5/c11-12-9(15)6-3-1-5(2-4-6)7(13)8(14)10(16)17/h1-4,7-8,13-14H,11H2,(H,12,15)(H,16,17). The molecular formula is C10H12N2O5. The van der Waals surface area contributed by atoms with Crippen molar-refractivity contribution in [2.24, 2.45) is 5.84 Å². The van der Waals surface area contributed by atoms with Gasteiger partial charge in [0, 0.05) is 5.56 Å². The molecule has 0 saturated heterocycles. The molecule has 6 N–H and O–H groups in total. The molecule has 7 nitrogen and oxygen atoms in total. The van der Waals surface area contributed by atoms with Crippen LogP contribution in [-0.2, 0) is 4.79 Å². The Hall–Kier alpha value is -1.96. The first kappa shape index (κ1) is 13.1. The molecule has 2 unspecified atom stereocenters. The number of carboxylic acids is 1. The molecule has 0 heterocycles. The summed E-state index contributed by atoms with van der Waals surface area (Å²) in [5.41, 5.74) is 2.37. The zero-order valence-electron chi connectivity index (χ0n) is 8.70. The van der Waals surface area contributed by atoms with Crippen LogP contribution in [0.25, 0.3) is 0 Å². The maximum Gasteiger partial charge on any atom is 0.335 e. The van der Waals surface area contributed by atoms with E-state index in [1.165, 1.54) is 24.3 Å². The molecule has 1 aromatic rings. The molecule has 1 amide bonds. The molecule has 17 heavy (non-hydrogen) atoms. The van der Waals surface area contributed by atoms with Gasteiger partial charge in [-0.2, -0.15) is 0 Å². The molecule has 0 aliphatic rings. The summed E-state index contributed by atoms with van der Waals surface area (Å²) in [5, 5.41) is 27.1. The molecule has 1 aromatic carbocycles. The monoisotopic (exact) mass is 240 g/mol. The number of amides is 1. The first-order chi connectivity index (χ1) is 7.97. The fraction of sp³-hybridized carbons (Fsp3) is 0.200. The first-order valence-corrected chi connectivity index (χ1v) is 4.67. The third-order valence-electron chi connectivity index (χ3n) is 2.20. The highest BCUT2D eigenvalue weighted by molar-refractivity contribution is 5.93. The van der Waals surface area contributed by atoms with E-state index in [9.17, 15) is 14.7 Å². The lowest BCUT2D eigenvalue weighted by Crippen LogP contribution is -2.30. The number of benzene rings is 1. The van der Waals surface area contributed by atoms with Gasteiger partial charge in [-0.25, -0.2) is 10.6 Å². The molecule has 0 bridgehead atoms. The third-order valence-corrected chi connectivity index (χ3v) is 2.20. The number of hydrogen-bond donors (Lipinski definition) is 5. The van der Waals surface area contributed by atoms with Crippen molar-refractivity contribution in [3.8, 4) is 0 Å². The number of carbonyl (C=O) groups excluding carboxylic acids is 1. The van der Waals surface area contributed by atoms with Crippen molar-refractivity contribution >= 4 is 11.9 Å². The van der Waals surface area contributed by atoms with Gasteiger partial charge in [-0.1, -0.05) is 12.1 Å². The van der Waals surface area contributed by atoms with Gasteiger partial charge in [-0.05, 0) is 17.7 Å². The largest absolute Gasteiger partial charge is 0.479 e. The van der Waals surface area contributed by atoms with Crippen LogP contribution in [0.15, 0.2) is 24.3 Å². The number of nitrogens with one attached hydrogen (secondary N) is 1. The zero-order chi connectivity index (χ0) is 13.0. The average molecular weight is 240 g/mol. The fourth-order valence-electron chi connectivity index (χ4n) is 1.23. The van der Waals surface area contributed by atoms with E-state index in [0.717, 1.165) is 0 Å². The van der Waals surface area contributed by atoms with Crippen LogP contribution in [0.5, 0.6) is 0 Å². The Labute approximate surface area is 96.5 Å². The van der Waals surface area contributed by atoms with Crippen LogP contribution in [0, 0.1) is 0 Å². The van der Waals surface area contributed by atoms with E-state index < -0.39 is 24.1 Å². The maximum absolute atomic E-state index is 11.1. The highest BCUT2D eigenvalue weighted by Crippen LogP contribution is 2.17. The number of hydrogen-bond acceptors (Lipinski definition) is 5. The topological polar surface area (TPSA) is 133 Å². The second-order valence-electron chi connectivity index (χ2n) is 3.32. The predicted octanol–water partition coefficient (Wildman–Crippen LogP) is -1.23. The Morgan fingerprint density at radius 3 is 2.12 bits per heavy atom. The quantitative estimate of drug-likeness (QED) is 0.254. The molecule has 0 radical (unpaired) electrons. The Morgan fingerprint density at radius 1 is 1.18 bits per heavy atom. The number of carbonyl (C=O) groups is 2. The predicted molar refractivity (Wildman–Crippen MR) is 56.7 cm³/mol. The van der Waals surface area contributed by atoms with Gasteiger partial charge in [0.2, 0.25) is 0 Å². The van der Waals surface area contributed by atoms with E-state index in [4.69, 9.17) is 16.1 Å². The Balaban J connectivity index is 2.87. The van der Waals surface area contributed by atoms with Crippen molar-refractivity contribution in [2.45, 2.75) is 12.2 Å². The van der Waals surface area contributed by atoms with Gasteiger partial charge in [-0.15, -0.1) is 0 Å². The number of aliphatic hydroxyl groups is 2. The van der Waals surface area contributed by atoms with E-state index in [0.29, 0.717) is 0 Å². The highest BCUT2D eigenvalue weighted by Gasteiger charge is 2.25. The number of aliphatic carboxylic acids is 1. The molecule has 0 spiro atoms. The summed E-state index contributed by atoms with van der Waals surface area (Å²) in [5.74, 6) is 2.89. The van der Waals surface area contributed by atoms with E-state index in [2.05, 4.69) is 0 Å². The third kappa shape index (κ3) is 3.00. The van der Waals surface area contributed by atoms with Crippen LogP contribution in [0.2, 0.25) is 0 Å². The van der Waals surface area contributed by atoms with Gasteiger partial charge in [0.05, 0.1) is 0 Å².